The van der Waals surface area contributed by atoms with E-state index >= 15 is 0 Å². The Morgan fingerprint density at radius 1 is 1.16 bits per heavy atom. The zero-order valence-electron chi connectivity index (χ0n) is 14.4. The van der Waals surface area contributed by atoms with Gasteiger partial charge in [0.25, 0.3) is 5.91 Å². The summed E-state index contributed by atoms with van der Waals surface area (Å²) in [5, 5.41) is 20.9. The molecule has 7 nitrogen and oxygen atoms in total. The van der Waals surface area contributed by atoms with E-state index in [2.05, 4.69) is 10.3 Å². The van der Waals surface area contributed by atoms with E-state index in [-0.39, 0.29) is 5.56 Å². The highest BCUT2D eigenvalue weighted by molar-refractivity contribution is 5.95. The van der Waals surface area contributed by atoms with Crippen LogP contribution in [0.1, 0.15) is 17.3 Å². The van der Waals surface area contributed by atoms with Crippen LogP contribution in [0.25, 0.3) is 11.1 Å². The molecule has 0 saturated carbocycles. The van der Waals surface area contributed by atoms with Gasteiger partial charge in [0.15, 0.2) is 5.60 Å². The van der Waals surface area contributed by atoms with Crippen molar-refractivity contribution in [1.82, 2.24) is 10.3 Å². The average molecular weight is 343 g/mol. The summed E-state index contributed by atoms with van der Waals surface area (Å²) >= 11 is 0. The summed E-state index contributed by atoms with van der Waals surface area (Å²) in [5.41, 5.74) is 0.994. The second kappa shape index (κ2) is 7.31. The Balaban J connectivity index is 2.15. The molecule has 0 aliphatic rings. The largest absolute Gasteiger partial charge is 0.479 e. The zero-order chi connectivity index (χ0) is 18.6. The maximum atomic E-state index is 12.2. The minimum atomic E-state index is -2.03. The SMILES string of the molecule is CN(C)c1ccc(-c2cncc(C(=O)NCC(C)(O)C(=O)O)c2)cc1. The molecule has 3 N–H and O–H groups in total. The van der Waals surface area contributed by atoms with Crippen molar-refractivity contribution in [1.29, 1.82) is 0 Å². The highest BCUT2D eigenvalue weighted by Crippen LogP contribution is 2.22. The summed E-state index contributed by atoms with van der Waals surface area (Å²) in [5.74, 6) is -1.90. The van der Waals surface area contributed by atoms with Crippen molar-refractivity contribution >= 4 is 17.6 Å². The fourth-order valence-corrected chi connectivity index (χ4v) is 2.10. The van der Waals surface area contributed by atoms with E-state index < -0.39 is 24.0 Å². The van der Waals surface area contributed by atoms with Gasteiger partial charge in [0.1, 0.15) is 0 Å². The normalized spacial score (nSPS) is 13.0. The number of aromatic nitrogens is 1. The van der Waals surface area contributed by atoms with Crippen molar-refractivity contribution in [2.45, 2.75) is 12.5 Å². The van der Waals surface area contributed by atoms with Crippen molar-refractivity contribution in [3.8, 4) is 11.1 Å². The van der Waals surface area contributed by atoms with Gasteiger partial charge in [0.05, 0.1) is 12.1 Å². The quantitative estimate of drug-likeness (QED) is 0.732. The second-order valence-corrected chi connectivity index (χ2v) is 6.17. The Morgan fingerprint density at radius 2 is 1.80 bits per heavy atom. The third kappa shape index (κ3) is 4.54. The Hall–Kier alpha value is -2.93. The number of anilines is 1. The van der Waals surface area contributed by atoms with Gasteiger partial charge in [-0.25, -0.2) is 4.79 Å². The molecule has 1 unspecified atom stereocenters. The van der Waals surface area contributed by atoms with Crippen LogP contribution < -0.4 is 10.2 Å². The number of hydrogen-bond donors (Lipinski definition) is 3. The molecule has 1 aromatic carbocycles. The molecule has 0 bridgehead atoms. The Bertz CT molecular complexity index is 770. The molecule has 25 heavy (non-hydrogen) atoms. The van der Waals surface area contributed by atoms with Crippen LogP contribution in [-0.4, -0.2) is 53.3 Å². The Labute approximate surface area is 145 Å². The molecular weight excluding hydrogens is 322 g/mol. The van der Waals surface area contributed by atoms with Gasteiger partial charge >= 0.3 is 5.97 Å². The van der Waals surface area contributed by atoms with Crippen LogP contribution in [0, 0.1) is 0 Å². The molecule has 0 fully saturated rings. The molecule has 1 atom stereocenters. The monoisotopic (exact) mass is 343 g/mol. The van der Waals surface area contributed by atoms with Gasteiger partial charge in [-0.1, -0.05) is 12.1 Å². The molecule has 1 aromatic heterocycles. The van der Waals surface area contributed by atoms with Gasteiger partial charge in [-0.2, -0.15) is 0 Å². The maximum Gasteiger partial charge on any atom is 0.337 e. The molecule has 1 heterocycles. The lowest BCUT2D eigenvalue weighted by Gasteiger charge is -2.18. The highest BCUT2D eigenvalue weighted by Gasteiger charge is 2.30. The van der Waals surface area contributed by atoms with Crippen LogP contribution in [0.4, 0.5) is 5.69 Å². The van der Waals surface area contributed by atoms with Gasteiger partial charge in [-0.3, -0.25) is 9.78 Å². The summed E-state index contributed by atoms with van der Waals surface area (Å²) in [4.78, 5) is 29.1. The first kappa shape index (κ1) is 18.4. The lowest BCUT2D eigenvalue weighted by Crippen LogP contribution is -2.46. The van der Waals surface area contributed by atoms with E-state index in [0.29, 0.717) is 0 Å². The summed E-state index contributed by atoms with van der Waals surface area (Å²) in [6.45, 7) is 0.722. The van der Waals surface area contributed by atoms with E-state index in [1.165, 1.54) is 6.20 Å². The zero-order valence-corrected chi connectivity index (χ0v) is 14.4. The predicted molar refractivity (Wildman–Crippen MR) is 94.6 cm³/mol. The number of rotatable bonds is 6. The number of carbonyl (C=O) groups excluding carboxylic acids is 1. The van der Waals surface area contributed by atoms with E-state index in [1.54, 1.807) is 12.3 Å². The average Bonchev–Trinajstić information content (AvgIpc) is 2.59. The predicted octanol–water partition coefficient (Wildman–Crippen LogP) is 1.38. The van der Waals surface area contributed by atoms with Crippen molar-refractivity contribution < 1.29 is 19.8 Å². The first-order chi connectivity index (χ1) is 11.7. The van der Waals surface area contributed by atoms with Crippen LogP contribution in [0.2, 0.25) is 0 Å². The van der Waals surface area contributed by atoms with Gasteiger partial charge in [0.2, 0.25) is 0 Å². The fourth-order valence-electron chi connectivity index (χ4n) is 2.10. The van der Waals surface area contributed by atoms with Gasteiger partial charge < -0.3 is 20.4 Å². The maximum absolute atomic E-state index is 12.2. The first-order valence-electron chi connectivity index (χ1n) is 7.67. The number of nitrogens with one attached hydrogen (secondary N) is 1. The molecule has 0 saturated heterocycles. The van der Waals surface area contributed by atoms with Crippen LogP contribution in [-0.2, 0) is 4.79 Å². The molecule has 0 spiro atoms. The minimum absolute atomic E-state index is 0.287. The number of benzene rings is 1. The molecule has 2 rings (SSSR count). The standard InChI is InChI=1S/C18H21N3O4/c1-18(25,17(23)24)11-20-16(22)14-8-13(9-19-10-14)12-4-6-15(7-5-12)21(2)3/h4-10,25H,11H2,1-3H3,(H,20,22)(H,23,24). The van der Waals surface area contributed by atoms with Gasteiger partial charge in [-0.15, -0.1) is 0 Å². The van der Waals surface area contributed by atoms with E-state index in [4.69, 9.17) is 5.11 Å². The first-order valence-corrected chi connectivity index (χ1v) is 7.67. The van der Waals surface area contributed by atoms with Gasteiger partial charge in [0, 0.05) is 37.7 Å². The third-order valence-electron chi connectivity index (χ3n) is 3.77. The highest BCUT2D eigenvalue weighted by atomic mass is 16.4. The molecule has 0 aliphatic heterocycles. The lowest BCUT2D eigenvalue weighted by atomic mass is 10.0. The van der Waals surface area contributed by atoms with E-state index in [1.807, 2.05) is 43.3 Å². The number of aliphatic carboxylic acids is 1. The topological polar surface area (TPSA) is 103 Å². The molecule has 1 amide bonds. The molecular formula is C18H21N3O4. The molecule has 2 aromatic rings. The van der Waals surface area contributed by atoms with Crippen molar-refractivity contribution in [2.24, 2.45) is 0 Å². The Morgan fingerprint density at radius 3 is 2.36 bits per heavy atom. The number of pyridine rings is 1. The second-order valence-electron chi connectivity index (χ2n) is 6.17. The van der Waals surface area contributed by atoms with Crippen molar-refractivity contribution in [3.63, 3.8) is 0 Å². The lowest BCUT2D eigenvalue weighted by molar-refractivity contribution is -0.155. The molecule has 7 heteroatoms. The Kier molecular flexibility index (Phi) is 5.38. The third-order valence-corrected chi connectivity index (χ3v) is 3.77. The summed E-state index contributed by atoms with van der Waals surface area (Å²) in [6, 6.07) is 9.47. The summed E-state index contributed by atoms with van der Waals surface area (Å²) in [6.07, 6.45) is 3.04. The number of amides is 1. The van der Waals surface area contributed by atoms with Gasteiger partial charge in [-0.05, 0) is 30.7 Å². The molecule has 0 radical (unpaired) electrons. The van der Waals surface area contributed by atoms with E-state index in [9.17, 15) is 14.7 Å². The minimum Gasteiger partial charge on any atom is -0.479 e. The number of aliphatic hydroxyl groups is 1. The number of hydrogen-bond acceptors (Lipinski definition) is 5. The molecule has 132 valence electrons. The molecule has 0 aliphatic carbocycles. The van der Waals surface area contributed by atoms with Crippen LogP contribution in [0.15, 0.2) is 42.7 Å². The van der Waals surface area contributed by atoms with Crippen molar-refractivity contribution in [3.05, 3.63) is 48.3 Å². The number of carbonyl (C=O) groups is 2. The van der Waals surface area contributed by atoms with Crippen LogP contribution >= 0.6 is 0 Å². The number of carboxylic acid groups (broad SMARTS) is 1. The number of nitrogens with zero attached hydrogens (tertiary/aromatic N) is 2. The fraction of sp³-hybridized carbons (Fsp3) is 0.278. The van der Waals surface area contributed by atoms with Crippen molar-refractivity contribution in [2.75, 3.05) is 25.5 Å². The van der Waals surface area contributed by atoms with E-state index in [0.717, 1.165) is 23.7 Å². The van der Waals surface area contributed by atoms with Crippen LogP contribution in [0.3, 0.4) is 0 Å². The number of carboxylic acids is 1. The summed E-state index contributed by atoms with van der Waals surface area (Å²) < 4.78 is 0. The smallest absolute Gasteiger partial charge is 0.337 e. The van der Waals surface area contributed by atoms with Crippen LogP contribution in [0.5, 0.6) is 0 Å². The summed E-state index contributed by atoms with van der Waals surface area (Å²) in [7, 11) is 3.90.